The Morgan fingerprint density at radius 2 is 1.70 bits per heavy atom. The van der Waals surface area contributed by atoms with Gasteiger partial charge in [0, 0.05) is 24.2 Å². The number of halogens is 6. The Morgan fingerprint density at radius 1 is 0.975 bits per heavy atom. The summed E-state index contributed by atoms with van der Waals surface area (Å²) in [6.45, 7) is 0. The van der Waals surface area contributed by atoms with Gasteiger partial charge in [-0.05, 0) is 49.2 Å². The minimum atomic E-state index is -4.93. The summed E-state index contributed by atoms with van der Waals surface area (Å²) in [7, 11) is 1.74. The molecule has 1 N–H and O–H groups in total. The van der Waals surface area contributed by atoms with E-state index in [0.717, 1.165) is 22.1 Å². The minimum absolute atomic E-state index is 0.0351. The van der Waals surface area contributed by atoms with Crippen LogP contribution in [0.5, 0.6) is 5.75 Å². The fraction of sp³-hybridized carbons (Fsp3) is 0.240. The van der Waals surface area contributed by atoms with Crippen LogP contribution in [-0.4, -0.2) is 47.4 Å². The predicted octanol–water partition coefficient (Wildman–Crippen LogP) is 5.13. The van der Waals surface area contributed by atoms with Crippen molar-refractivity contribution in [2.24, 2.45) is 7.05 Å². The molecular formula is C25H17F6N7O2. The van der Waals surface area contributed by atoms with Crippen LogP contribution in [0.1, 0.15) is 12.8 Å². The molecule has 1 aliphatic rings. The summed E-state index contributed by atoms with van der Waals surface area (Å²) < 4.78 is 85.1. The Morgan fingerprint density at radius 3 is 2.35 bits per heavy atom. The Bertz CT molecular complexity index is 1820. The van der Waals surface area contributed by atoms with Crippen molar-refractivity contribution in [1.82, 2.24) is 29.3 Å². The highest BCUT2D eigenvalue weighted by atomic mass is 19.4. The third-order valence-corrected chi connectivity index (χ3v) is 6.46. The second-order valence-electron chi connectivity index (χ2n) is 9.33. The van der Waals surface area contributed by atoms with Crippen LogP contribution in [0.2, 0.25) is 0 Å². The van der Waals surface area contributed by atoms with Crippen LogP contribution in [0.15, 0.2) is 59.7 Å². The molecule has 0 spiro atoms. The number of alkyl halides is 6. The Kier molecular flexibility index (Phi) is 5.54. The first-order valence-electron chi connectivity index (χ1n) is 11.8. The molecule has 6 rings (SSSR count). The number of hydrogen-bond acceptors (Lipinski definition) is 7. The molecule has 0 amide bonds. The standard InChI is InChI=1S/C25H17F6N7O2/c1-37-12-14-10-13(2-7-17(14)36-37)19-21(39)38(15-3-5-16(6-4-15)40-25(29,30)31)20-18(33-19)11-32-22(34-20)35-23(8-9-23)24(26,27)28/h2-7,10-12H,8-9H2,1H3,(H,32,34,35). The Labute approximate surface area is 220 Å². The first kappa shape index (κ1) is 25.6. The zero-order valence-corrected chi connectivity index (χ0v) is 20.4. The van der Waals surface area contributed by atoms with Crippen molar-refractivity contribution in [3.05, 3.63) is 65.2 Å². The number of nitrogens with zero attached hydrogens (tertiary/aromatic N) is 6. The smallest absolute Gasteiger partial charge is 0.406 e. The largest absolute Gasteiger partial charge is 0.573 e. The second kappa shape index (κ2) is 8.66. The molecule has 15 heteroatoms. The van der Waals surface area contributed by atoms with E-state index in [1.807, 2.05) is 0 Å². The molecule has 0 atom stereocenters. The number of hydrogen-bond donors (Lipinski definition) is 1. The van der Waals surface area contributed by atoms with E-state index in [1.165, 1.54) is 18.3 Å². The maximum Gasteiger partial charge on any atom is 0.573 e. The molecule has 0 aliphatic heterocycles. The van der Waals surface area contributed by atoms with Crippen LogP contribution in [0.3, 0.4) is 0 Å². The molecular weight excluding hydrogens is 544 g/mol. The molecule has 1 fully saturated rings. The molecule has 1 saturated carbocycles. The first-order valence-corrected chi connectivity index (χ1v) is 11.8. The highest BCUT2D eigenvalue weighted by Crippen LogP contribution is 2.50. The van der Waals surface area contributed by atoms with Crippen molar-refractivity contribution < 1.29 is 31.1 Å². The maximum atomic E-state index is 13.8. The number of rotatable bonds is 5. The van der Waals surface area contributed by atoms with Gasteiger partial charge < -0.3 is 10.1 Å². The normalized spacial score (nSPS) is 15.0. The topological polar surface area (TPSA) is 99.8 Å². The van der Waals surface area contributed by atoms with E-state index in [9.17, 15) is 31.1 Å². The second-order valence-corrected chi connectivity index (χ2v) is 9.33. The van der Waals surface area contributed by atoms with Gasteiger partial charge in [0.15, 0.2) is 5.65 Å². The fourth-order valence-electron chi connectivity index (χ4n) is 4.38. The Hall–Kier alpha value is -4.69. The van der Waals surface area contributed by atoms with Gasteiger partial charge in [0.25, 0.3) is 5.56 Å². The highest BCUT2D eigenvalue weighted by molar-refractivity contribution is 5.85. The third kappa shape index (κ3) is 4.56. The van der Waals surface area contributed by atoms with Gasteiger partial charge in [0.2, 0.25) is 5.95 Å². The van der Waals surface area contributed by atoms with Crippen molar-refractivity contribution in [3.63, 3.8) is 0 Å². The van der Waals surface area contributed by atoms with Crippen LogP contribution >= 0.6 is 0 Å². The lowest BCUT2D eigenvalue weighted by molar-refractivity contribution is -0.274. The summed E-state index contributed by atoms with van der Waals surface area (Å²) in [5.41, 5.74) is -1.82. The van der Waals surface area contributed by atoms with E-state index < -0.39 is 29.4 Å². The van der Waals surface area contributed by atoms with Gasteiger partial charge in [-0.1, -0.05) is 6.07 Å². The summed E-state index contributed by atoms with van der Waals surface area (Å²) in [5, 5.41) is 7.33. The average molecular weight is 561 g/mol. The van der Waals surface area contributed by atoms with Gasteiger partial charge in [0.1, 0.15) is 22.5 Å². The monoisotopic (exact) mass is 561 g/mol. The van der Waals surface area contributed by atoms with Crippen molar-refractivity contribution in [1.29, 1.82) is 0 Å². The quantitative estimate of drug-likeness (QED) is 0.297. The number of benzene rings is 2. The molecule has 3 heterocycles. The van der Waals surface area contributed by atoms with Crippen LogP contribution in [0.4, 0.5) is 32.3 Å². The zero-order chi connectivity index (χ0) is 28.4. The minimum Gasteiger partial charge on any atom is -0.406 e. The van der Waals surface area contributed by atoms with E-state index in [-0.39, 0.29) is 41.3 Å². The molecule has 206 valence electrons. The van der Waals surface area contributed by atoms with E-state index in [1.54, 1.807) is 36.1 Å². The zero-order valence-electron chi connectivity index (χ0n) is 20.4. The molecule has 0 unspecified atom stereocenters. The van der Waals surface area contributed by atoms with Gasteiger partial charge in [-0.15, -0.1) is 13.2 Å². The summed E-state index contributed by atoms with van der Waals surface area (Å²) in [6, 6.07) is 9.43. The fourth-order valence-corrected chi connectivity index (χ4v) is 4.38. The van der Waals surface area contributed by atoms with E-state index in [0.29, 0.717) is 11.1 Å². The Balaban J connectivity index is 1.52. The number of nitrogens with one attached hydrogen (secondary N) is 1. The lowest BCUT2D eigenvalue weighted by Crippen LogP contribution is -2.39. The lowest BCUT2D eigenvalue weighted by Gasteiger charge is -2.21. The average Bonchev–Trinajstić information content (AvgIpc) is 3.56. The van der Waals surface area contributed by atoms with Gasteiger partial charge in [0.05, 0.1) is 17.4 Å². The lowest BCUT2D eigenvalue weighted by atomic mass is 10.1. The highest BCUT2D eigenvalue weighted by Gasteiger charge is 2.64. The summed E-state index contributed by atoms with van der Waals surface area (Å²) in [5.74, 6) is -0.901. The molecule has 0 bridgehead atoms. The van der Waals surface area contributed by atoms with Crippen molar-refractivity contribution in [3.8, 4) is 22.7 Å². The number of ether oxygens (including phenoxy) is 1. The molecule has 1 aliphatic carbocycles. The number of fused-ring (bicyclic) bond motifs is 2. The predicted molar refractivity (Wildman–Crippen MR) is 131 cm³/mol. The molecule has 9 nitrogen and oxygen atoms in total. The van der Waals surface area contributed by atoms with Crippen molar-refractivity contribution >= 4 is 28.0 Å². The maximum absolute atomic E-state index is 13.8. The van der Waals surface area contributed by atoms with E-state index >= 15 is 0 Å². The first-order chi connectivity index (χ1) is 18.8. The van der Waals surface area contributed by atoms with Crippen LogP contribution in [0.25, 0.3) is 39.0 Å². The molecule has 2 aromatic carbocycles. The van der Waals surface area contributed by atoms with E-state index in [4.69, 9.17) is 0 Å². The van der Waals surface area contributed by atoms with Gasteiger partial charge >= 0.3 is 12.5 Å². The SMILES string of the molecule is Cn1cc2cc(-c3nc4cnc(NC5(C(F)(F)F)CC5)nc4n(-c4ccc(OC(F)(F)F)cc4)c3=O)ccc2n1. The summed E-state index contributed by atoms with van der Waals surface area (Å²) >= 11 is 0. The van der Waals surface area contributed by atoms with Gasteiger partial charge in [-0.25, -0.2) is 9.97 Å². The summed E-state index contributed by atoms with van der Waals surface area (Å²) in [6.07, 6.45) is -6.89. The summed E-state index contributed by atoms with van der Waals surface area (Å²) in [4.78, 5) is 26.4. The van der Waals surface area contributed by atoms with Gasteiger partial charge in [-0.3, -0.25) is 14.0 Å². The van der Waals surface area contributed by atoms with Crippen molar-refractivity contribution in [2.75, 3.05) is 5.32 Å². The van der Waals surface area contributed by atoms with Crippen LogP contribution in [-0.2, 0) is 7.05 Å². The molecule has 5 aromatic rings. The number of aryl methyl sites for hydroxylation is 1. The van der Waals surface area contributed by atoms with Gasteiger partial charge in [-0.2, -0.15) is 23.3 Å². The van der Waals surface area contributed by atoms with Crippen molar-refractivity contribution in [2.45, 2.75) is 30.9 Å². The third-order valence-electron chi connectivity index (χ3n) is 6.46. The molecule has 0 radical (unpaired) electrons. The van der Waals surface area contributed by atoms with E-state index in [2.05, 4.69) is 30.1 Å². The van der Waals surface area contributed by atoms with Crippen LogP contribution in [0, 0.1) is 0 Å². The molecule has 40 heavy (non-hydrogen) atoms. The molecule has 3 aromatic heterocycles. The van der Waals surface area contributed by atoms with Crippen LogP contribution < -0.4 is 15.6 Å². The molecule has 0 saturated heterocycles. The number of aromatic nitrogens is 6. The number of anilines is 1.